The Hall–Kier alpha value is -2.44. The number of benzene rings is 1. The summed E-state index contributed by atoms with van der Waals surface area (Å²) < 4.78 is 10.6. The summed E-state index contributed by atoms with van der Waals surface area (Å²) in [7, 11) is 0. The summed E-state index contributed by atoms with van der Waals surface area (Å²) in [6, 6.07) is 5.26. The maximum atomic E-state index is 12.0. The van der Waals surface area contributed by atoms with Crippen LogP contribution in [0.3, 0.4) is 0 Å². The van der Waals surface area contributed by atoms with E-state index in [1.165, 1.54) is 4.90 Å². The lowest BCUT2D eigenvalue weighted by molar-refractivity contribution is 0.0522. The van der Waals surface area contributed by atoms with Crippen molar-refractivity contribution >= 4 is 17.7 Å². The quantitative estimate of drug-likeness (QED) is 0.832. The molecule has 24 heavy (non-hydrogen) atoms. The predicted octanol–water partition coefficient (Wildman–Crippen LogP) is 2.45. The summed E-state index contributed by atoms with van der Waals surface area (Å²) in [4.78, 5) is 26.7. The first-order valence-corrected chi connectivity index (χ1v) is 8.16. The second kappa shape index (κ2) is 7.90. The van der Waals surface area contributed by atoms with Crippen molar-refractivity contribution in [1.29, 1.82) is 0 Å². The Labute approximate surface area is 141 Å². The van der Waals surface area contributed by atoms with E-state index in [-0.39, 0.29) is 6.04 Å². The molecule has 0 bridgehead atoms. The fourth-order valence-electron chi connectivity index (χ4n) is 2.84. The van der Waals surface area contributed by atoms with Crippen LogP contribution in [0.25, 0.3) is 0 Å². The SMILES string of the molecule is CCOC(=O)c1ccc(N2CCN(C(=O)O)[C@H](C)C2)cc1OCC. The first-order chi connectivity index (χ1) is 11.5. The van der Waals surface area contributed by atoms with Gasteiger partial charge in [0.15, 0.2) is 0 Å². The summed E-state index contributed by atoms with van der Waals surface area (Å²) in [6.07, 6.45) is -0.894. The maximum absolute atomic E-state index is 12.0. The predicted molar refractivity (Wildman–Crippen MR) is 90.0 cm³/mol. The molecule has 2 rings (SSSR count). The smallest absolute Gasteiger partial charge is 0.407 e. The lowest BCUT2D eigenvalue weighted by atomic mass is 10.1. The van der Waals surface area contributed by atoms with E-state index in [4.69, 9.17) is 14.6 Å². The molecule has 0 saturated carbocycles. The van der Waals surface area contributed by atoms with Gasteiger partial charge in [0.05, 0.1) is 13.2 Å². The standard InChI is InChI=1S/C17H24N2O5/c1-4-23-15-10-13(6-7-14(15)16(20)24-5-2)18-8-9-19(17(21)22)12(3)11-18/h6-7,10,12H,4-5,8-9,11H2,1-3H3,(H,21,22)/t12-/m1/s1. The van der Waals surface area contributed by atoms with Gasteiger partial charge in [0.1, 0.15) is 11.3 Å². The van der Waals surface area contributed by atoms with E-state index in [9.17, 15) is 9.59 Å². The third kappa shape index (κ3) is 3.90. The number of hydrogen-bond acceptors (Lipinski definition) is 5. The molecule has 1 fully saturated rings. The first-order valence-electron chi connectivity index (χ1n) is 8.16. The molecule has 7 heteroatoms. The summed E-state index contributed by atoms with van der Waals surface area (Å²) in [5.74, 6) is 0.0818. The van der Waals surface area contributed by atoms with Crippen LogP contribution in [0, 0.1) is 0 Å². The van der Waals surface area contributed by atoms with Crippen molar-refractivity contribution in [1.82, 2.24) is 4.90 Å². The maximum Gasteiger partial charge on any atom is 0.407 e. The molecule has 1 aliphatic heterocycles. The minimum atomic E-state index is -0.894. The monoisotopic (exact) mass is 336 g/mol. The lowest BCUT2D eigenvalue weighted by Gasteiger charge is -2.39. The van der Waals surface area contributed by atoms with Gasteiger partial charge in [0.2, 0.25) is 0 Å². The highest BCUT2D eigenvalue weighted by Crippen LogP contribution is 2.28. The molecule has 0 aliphatic carbocycles. The molecule has 1 amide bonds. The van der Waals surface area contributed by atoms with E-state index in [2.05, 4.69) is 4.90 Å². The molecule has 1 aromatic rings. The average Bonchev–Trinajstić information content (AvgIpc) is 2.54. The molecule has 1 N–H and O–H groups in total. The van der Waals surface area contributed by atoms with E-state index in [0.29, 0.717) is 44.2 Å². The Morgan fingerprint density at radius 1 is 1.25 bits per heavy atom. The summed E-state index contributed by atoms with van der Waals surface area (Å²) in [5, 5.41) is 9.16. The minimum Gasteiger partial charge on any atom is -0.493 e. The van der Waals surface area contributed by atoms with Crippen LogP contribution in [0.15, 0.2) is 18.2 Å². The Kier molecular flexibility index (Phi) is 5.89. The normalized spacial score (nSPS) is 17.5. The third-order valence-corrected chi connectivity index (χ3v) is 4.00. The molecule has 7 nitrogen and oxygen atoms in total. The highest BCUT2D eigenvalue weighted by molar-refractivity contribution is 5.93. The van der Waals surface area contributed by atoms with Crippen LogP contribution in [0.4, 0.5) is 10.5 Å². The van der Waals surface area contributed by atoms with Crippen molar-refractivity contribution in [2.75, 3.05) is 37.7 Å². The van der Waals surface area contributed by atoms with E-state index < -0.39 is 12.1 Å². The fraction of sp³-hybridized carbons (Fsp3) is 0.529. The molecule has 1 atom stereocenters. The molecular formula is C17H24N2O5. The fourth-order valence-corrected chi connectivity index (χ4v) is 2.84. The zero-order valence-electron chi connectivity index (χ0n) is 14.3. The molecule has 1 heterocycles. The highest BCUT2D eigenvalue weighted by atomic mass is 16.5. The van der Waals surface area contributed by atoms with E-state index in [1.807, 2.05) is 26.0 Å². The van der Waals surface area contributed by atoms with Gasteiger partial charge >= 0.3 is 12.1 Å². The van der Waals surface area contributed by atoms with Gasteiger partial charge in [-0.05, 0) is 32.9 Å². The number of rotatable bonds is 5. The van der Waals surface area contributed by atoms with Crippen molar-refractivity contribution in [3.8, 4) is 5.75 Å². The number of ether oxygens (including phenoxy) is 2. The van der Waals surface area contributed by atoms with Crippen LogP contribution in [-0.2, 0) is 4.74 Å². The number of nitrogens with zero attached hydrogens (tertiary/aromatic N) is 2. The van der Waals surface area contributed by atoms with Gasteiger partial charge in [-0.1, -0.05) is 0 Å². The first kappa shape index (κ1) is 17.9. The number of carboxylic acid groups (broad SMARTS) is 1. The number of piperazine rings is 1. The second-order valence-corrected chi connectivity index (χ2v) is 5.60. The molecule has 0 unspecified atom stereocenters. The van der Waals surface area contributed by atoms with Crippen LogP contribution in [0.2, 0.25) is 0 Å². The van der Waals surface area contributed by atoms with E-state index in [1.54, 1.807) is 13.0 Å². The molecule has 0 spiro atoms. The second-order valence-electron chi connectivity index (χ2n) is 5.60. The Bertz CT molecular complexity index is 605. The Morgan fingerprint density at radius 3 is 2.58 bits per heavy atom. The van der Waals surface area contributed by atoms with Crippen LogP contribution in [0.5, 0.6) is 5.75 Å². The van der Waals surface area contributed by atoms with Crippen molar-refractivity contribution < 1.29 is 24.2 Å². The van der Waals surface area contributed by atoms with Crippen molar-refractivity contribution in [3.05, 3.63) is 23.8 Å². The van der Waals surface area contributed by atoms with Gasteiger partial charge in [0.25, 0.3) is 0 Å². The van der Waals surface area contributed by atoms with Crippen LogP contribution < -0.4 is 9.64 Å². The Balaban J connectivity index is 2.21. The molecule has 0 radical (unpaired) electrons. The number of carbonyl (C=O) groups excluding carboxylic acids is 1. The van der Waals surface area contributed by atoms with Gasteiger partial charge in [-0.25, -0.2) is 9.59 Å². The zero-order valence-corrected chi connectivity index (χ0v) is 14.3. The highest BCUT2D eigenvalue weighted by Gasteiger charge is 2.27. The number of carbonyl (C=O) groups is 2. The number of hydrogen-bond donors (Lipinski definition) is 1. The van der Waals surface area contributed by atoms with Gasteiger partial charge in [-0.3, -0.25) is 0 Å². The van der Waals surface area contributed by atoms with Gasteiger partial charge in [0, 0.05) is 37.4 Å². The molecule has 1 saturated heterocycles. The van der Waals surface area contributed by atoms with Crippen LogP contribution >= 0.6 is 0 Å². The molecule has 132 valence electrons. The summed E-state index contributed by atoms with van der Waals surface area (Å²) >= 11 is 0. The topological polar surface area (TPSA) is 79.3 Å². The van der Waals surface area contributed by atoms with Crippen LogP contribution in [0.1, 0.15) is 31.1 Å². The summed E-state index contributed by atoms with van der Waals surface area (Å²) in [5.41, 5.74) is 1.31. The van der Waals surface area contributed by atoms with Gasteiger partial charge in [-0.2, -0.15) is 0 Å². The van der Waals surface area contributed by atoms with Crippen molar-refractivity contribution in [3.63, 3.8) is 0 Å². The van der Waals surface area contributed by atoms with Crippen molar-refractivity contribution in [2.24, 2.45) is 0 Å². The number of esters is 1. The van der Waals surface area contributed by atoms with Gasteiger partial charge in [-0.15, -0.1) is 0 Å². The van der Waals surface area contributed by atoms with E-state index >= 15 is 0 Å². The summed E-state index contributed by atoms with van der Waals surface area (Å²) in [6.45, 7) is 7.89. The number of amides is 1. The van der Waals surface area contributed by atoms with Crippen molar-refractivity contribution in [2.45, 2.75) is 26.8 Å². The largest absolute Gasteiger partial charge is 0.493 e. The Morgan fingerprint density at radius 2 is 2.00 bits per heavy atom. The molecule has 1 aromatic carbocycles. The molecular weight excluding hydrogens is 312 g/mol. The lowest BCUT2D eigenvalue weighted by Crippen LogP contribution is -2.53. The third-order valence-electron chi connectivity index (χ3n) is 4.00. The minimum absolute atomic E-state index is 0.100. The number of anilines is 1. The van der Waals surface area contributed by atoms with Crippen LogP contribution in [-0.4, -0.2) is 61.0 Å². The molecule has 0 aromatic heterocycles. The molecule has 1 aliphatic rings. The average molecular weight is 336 g/mol. The zero-order chi connectivity index (χ0) is 17.7. The van der Waals surface area contributed by atoms with E-state index in [0.717, 1.165) is 5.69 Å². The van der Waals surface area contributed by atoms with Gasteiger partial charge < -0.3 is 24.4 Å².